The molecule has 0 saturated heterocycles. The minimum absolute atomic E-state index is 0.0934. The summed E-state index contributed by atoms with van der Waals surface area (Å²) in [6.45, 7) is 1.66. The van der Waals surface area contributed by atoms with Crippen LogP contribution in [-0.2, 0) is 0 Å². The van der Waals surface area contributed by atoms with E-state index in [-0.39, 0.29) is 18.6 Å². The molecular weight excluding hydrogens is 242 g/mol. The van der Waals surface area contributed by atoms with E-state index in [0.717, 1.165) is 0 Å². The number of nitrogens with zero attached hydrogens (tertiary/aromatic N) is 2. The maximum atomic E-state index is 12.1. The van der Waals surface area contributed by atoms with E-state index in [0.29, 0.717) is 16.4 Å². The predicted octanol–water partition coefficient (Wildman–Crippen LogP) is 1.23. The van der Waals surface area contributed by atoms with Crippen LogP contribution in [0.1, 0.15) is 17.3 Å². The second kappa shape index (κ2) is 5.84. The van der Waals surface area contributed by atoms with E-state index >= 15 is 0 Å². The first kappa shape index (κ1) is 13.7. The highest BCUT2D eigenvalue weighted by Crippen LogP contribution is 2.20. The van der Waals surface area contributed by atoms with Crippen LogP contribution in [0.15, 0.2) is 12.3 Å². The number of aliphatic hydroxyl groups is 1. The topological polar surface area (TPSA) is 65.5 Å². The van der Waals surface area contributed by atoms with Gasteiger partial charge in [0.1, 0.15) is 5.82 Å². The Kier molecular flexibility index (Phi) is 4.72. The highest BCUT2D eigenvalue weighted by Gasteiger charge is 2.19. The molecule has 0 spiro atoms. The molecule has 0 aliphatic heterocycles. The van der Waals surface area contributed by atoms with Crippen LogP contribution in [0.2, 0.25) is 5.02 Å². The second-order valence-corrected chi connectivity index (χ2v) is 4.15. The SMILES string of the molecule is CNc1cc(C(=O)N(C)C(C)CO)c(Cl)cn1. The molecule has 0 aliphatic carbocycles. The summed E-state index contributed by atoms with van der Waals surface area (Å²) in [7, 11) is 3.34. The minimum atomic E-state index is -0.259. The first-order valence-corrected chi connectivity index (χ1v) is 5.60. The maximum Gasteiger partial charge on any atom is 0.255 e. The first-order chi connectivity index (χ1) is 8.01. The van der Waals surface area contributed by atoms with E-state index in [4.69, 9.17) is 16.7 Å². The van der Waals surface area contributed by atoms with Crippen molar-refractivity contribution in [1.29, 1.82) is 0 Å². The number of amides is 1. The molecule has 0 aromatic carbocycles. The molecule has 17 heavy (non-hydrogen) atoms. The van der Waals surface area contributed by atoms with E-state index in [1.165, 1.54) is 11.1 Å². The average molecular weight is 258 g/mol. The van der Waals surface area contributed by atoms with Crippen molar-refractivity contribution in [3.8, 4) is 0 Å². The van der Waals surface area contributed by atoms with Crippen LogP contribution < -0.4 is 5.32 Å². The monoisotopic (exact) mass is 257 g/mol. The van der Waals surface area contributed by atoms with Crippen molar-refractivity contribution < 1.29 is 9.90 Å². The van der Waals surface area contributed by atoms with Crippen molar-refractivity contribution in [2.75, 3.05) is 26.0 Å². The number of hydrogen-bond acceptors (Lipinski definition) is 4. The standard InChI is InChI=1S/C11H16ClN3O2/c1-7(6-16)15(3)11(17)8-4-10(13-2)14-5-9(8)12/h4-5,7,16H,6H2,1-3H3,(H,13,14). The Bertz CT molecular complexity index is 412. The van der Waals surface area contributed by atoms with Crippen LogP contribution in [0, 0.1) is 0 Å². The Morgan fingerprint density at radius 3 is 2.88 bits per heavy atom. The highest BCUT2D eigenvalue weighted by molar-refractivity contribution is 6.33. The van der Waals surface area contributed by atoms with Crippen molar-refractivity contribution in [3.63, 3.8) is 0 Å². The second-order valence-electron chi connectivity index (χ2n) is 3.75. The molecule has 94 valence electrons. The van der Waals surface area contributed by atoms with E-state index in [1.54, 1.807) is 27.1 Å². The van der Waals surface area contributed by atoms with Crippen molar-refractivity contribution in [1.82, 2.24) is 9.88 Å². The third-order valence-electron chi connectivity index (χ3n) is 2.59. The lowest BCUT2D eigenvalue weighted by Crippen LogP contribution is -2.37. The molecule has 1 atom stereocenters. The molecule has 0 bridgehead atoms. The number of carbonyl (C=O) groups is 1. The molecule has 2 N–H and O–H groups in total. The number of anilines is 1. The number of rotatable bonds is 4. The van der Waals surface area contributed by atoms with E-state index in [1.807, 2.05) is 0 Å². The molecule has 5 nitrogen and oxygen atoms in total. The number of pyridine rings is 1. The third-order valence-corrected chi connectivity index (χ3v) is 2.89. The zero-order valence-electron chi connectivity index (χ0n) is 10.1. The fourth-order valence-corrected chi connectivity index (χ4v) is 1.44. The zero-order chi connectivity index (χ0) is 13.0. The summed E-state index contributed by atoms with van der Waals surface area (Å²) in [6, 6.07) is 1.33. The number of carbonyl (C=O) groups excluding carboxylic acids is 1. The van der Waals surface area contributed by atoms with Gasteiger partial charge in [0, 0.05) is 20.3 Å². The summed E-state index contributed by atoms with van der Waals surface area (Å²) in [5, 5.41) is 12.2. The van der Waals surface area contributed by atoms with Crippen LogP contribution >= 0.6 is 11.6 Å². The van der Waals surface area contributed by atoms with Crippen LogP contribution in [0.3, 0.4) is 0 Å². The van der Waals surface area contributed by atoms with Crippen molar-refractivity contribution in [2.24, 2.45) is 0 Å². The quantitative estimate of drug-likeness (QED) is 0.852. The molecular formula is C11H16ClN3O2. The Morgan fingerprint density at radius 2 is 2.35 bits per heavy atom. The largest absolute Gasteiger partial charge is 0.394 e. The van der Waals surface area contributed by atoms with Gasteiger partial charge in [-0.2, -0.15) is 0 Å². The molecule has 0 fully saturated rings. The lowest BCUT2D eigenvalue weighted by atomic mass is 10.2. The van der Waals surface area contributed by atoms with Crippen LogP contribution in [0.5, 0.6) is 0 Å². The smallest absolute Gasteiger partial charge is 0.255 e. The van der Waals surface area contributed by atoms with Gasteiger partial charge in [-0.1, -0.05) is 11.6 Å². The fraction of sp³-hybridized carbons (Fsp3) is 0.455. The molecule has 1 unspecified atom stereocenters. The van der Waals surface area contributed by atoms with Gasteiger partial charge >= 0.3 is 0 Å². The summed E-state index contributed by atoms with van der Waals surface area (Å²) in [6.07, 6.45) is 1.43. The molecule has 1 rings (SSSR count). The molecule has 0 radical (unpaired) electrons. The number of likely N-dealkylation sites (N-methyl/N-ethyl adjacent to an activating group) is 1. The van der Waals surface area contributed by atoms with E-state index in [2.05, 4.69) is 10.3 Å². The summed E-state index contributed by atoms with van der Waals surface area (Å²) in [4.78, 5) is 17.6. The Labute approximate surface area is 105 Å². The van der Waals surface area contributed by atoms with Gasteiger partial charge in [0.05, 0.1) is 23.2 Å². The highest BCUT2D eigenvalue weighted by atomic mass is 35.5. The Hall–Kier alpha value is -1.33. The molecule has 6 heteroatoms. The summed E-state index contributed by atoms with van der Waals surface area (Å²) in [5.41, 5.74) is 0.369. The minimum Gasteiger partial charge on any atom is -0.394 e. The number of aromatic nitrogens is 1. The van der Waals surface area contributed by atoms with Gasteiger partial charge in [0.15, 0.2) is 0 Å². The lowest BCUT2D eigenvalue weighted by Gasteiger charge is -2.23. The van der Waals surface area contributed by atoms with Gasteiger partial charge in [-0.15, -0.1) is 0 Å². The number of nitrogens with one attached hydrogen (secondary N) is 1. The third kappa shape index (κ3) is 3.08. The van der Waals surface area contributed by atoms with E-state index < -0.39 is 0 Å². The number of aliphatic hydroxyl groups excluding tert-OH is 1. The van der Waals surface area contributed by atoms with E-state index in [9.17, 15) is 4.79 Å². The van der Waals surface area contributed by atoms with Crippen molar-refractivity contribution in [3.05, 3.63) is 22.8 Å². The summed E-state index contributed by atoms with van der Waals surface area (Å²) in [5.74, 6) is 0.332. The Morgan fingerprint density at radius 1 is 1.71 bits per heavy atom. The van der Waals surface area contributed by atoms with Gasteiger partial charge in [0.25, 0.3) is 5.91 Å². The summed E-state index contributed by atoms with van der Waals surface area (Å²) < 4.78 is 0. The molecule has 1 aromatic rings. The molecule has 1 heterocycles. The van der Waals surface area contributed by atoms with Gasteiger partial charge in [-0.3, -0.25) is 4.79 Å². The van der Waals surface area contributed by atoms with Crippen molar-refractivity contribution in [2.45, 2.75) is 13.0 Å². The van der Waals surface area contributed by atoms with Gasteiger partial charge in [-0.05, 0) is 13.0 Å². The number of halogens is 1. The van der Waals surface area contributed by atoms with Gasteiger partial charge in [-0.25, -0.2) is 4.98 Å². The average Bonchev–Trinajstić information content (AvgIpc) is 2.36. The zero-order valence-corrected chi connectivity index (χ0v) is 10.8. The van der Waals surface area contributed by atoms with Crippen LogP contribution in [-0.4, -0.2) is 47.6 Å². The molecule has 0 saturated carbocycles. The van der Waals surface area contributed by atoms with Crippen LogP contribution in [0.25, 0.3) is 0 Å². The lowest BCUT2D eigenvalue weighted by molar-refractivity contribution is 0.0682. The Balaban J connectivity index is 3.02. The van der Waals surface area contributed by atoms with Crippen molar-refractivity contribution >= 4 is 23.3 Å². The van der Waals surface area contributed by atoms with Gasteiger partial charge in [0.2, 0.25) is 0 Å². The predicted molar refractivity (Wildman–Crippen MR) is 67.4 cm³/mol. The normalized spacial score (nSPS) is 12.1. The molecule has 1 aromatic heterocycles. The number of hydrogen-bond donors (Lipinski definition) is 2. The maximum absolute atomic E-state index is 12.1. The summed E-state index contributed by atoms with van der Waals surface area (Å²) >= 11 is 5.94. The van der Waals surface area contributed by atoms with Crippen LogP contribution in [0.4, 0.5) is 5.82 Å². The fourth-order valence-electron chi connectivity index (χ4n) is 1.25. The molecule has 0 aliphatic rings. The molecule has 1 amide bonds. The first-order valence-electron chi connectivity index (χ1n) is 5.22. The van der Waals surface area contributed by atoms with Gasteiger partial charge < -0.3 is 15.3 Å².